The van der Waals surface area contributed by atoms with E-state index in [0.717, 1.165) is 10.5 Å². The highest BCUT2D eigenvalue weighted by Gasteiger charge is 2.41. The second kappa shape index (κ2) is 7.52. The summed E-state index contributed by atoms with van der Waals surface area (Å²) < 4.78 is -0.0275. The number of hydrogen-bond acceptors (Lipinski definition) is 2. The molecule has 0 aliphatic heterocycles. The summed E-state index contributed by atoms with van der Waals surface area (Å²) in [6.07, 6.45) is 0.617. The van der Waals surface area contributed by atoms with Gasteiger partial charge < -0.3 is 10.1 Å². The van der Waals surface area contributed by atoms with E-state index >= 15 is 0 Å². The molecule has 0 radical (unpaired) electrons. The molecule has 0 aliphatic carbocycles. The molecule has 1 heterocycles. The molecule has 0 aliphatic rings. The SMILES string of the molecule is CC(C)(C)[S+](c1ccccc1)c1ccccc1C(O)c1ccc[nH]c1=O. The lowest BCUT2D eigenvalue weighted by atomic mass is 10.0. The van der Waals surface area contributed by atoms with Gasteiger partial charge in [-0.15, -0.1) is 0 Å². The van der Waals surface area contributed by atoms with E-state index in [0.29, 0.717) is 5.56 Å². The average molecular weight is 367 g/mol. The van der Waals surface area contributed by atoms with Gasteiger partial charge >= 0.3 is 0 Å². The van der Waals surface area contributed by atoms with Crippen molar-refractivity contribution in [2.24, 2.45) is 0 Å². The standard InChI is InChI=1S/C22H23NO2S/c1-22(2,3)26(16-10-5-4-6-11-16)19-14-8-7-12-17(19)20(24)18-13-9-15-23-21(18)25/h4-15,20,24H,1-3H3/p+1. The van der Waals surface area contributed by atoms with Crippen LogP contribution in [-0.2, 0) is 10.9 Å². The van der Waals surface area contributed by atoms with Crippen molar-refractivity contribution < 1.29 is 5.11 Å². The van der Waals surface area contributed by atoms with E-state index in [-0.39, 0.29) is 21.2 Å². The predicted molar refractivity (Wildman–Crippen MR) is 108 cm³/mol. The van der Waals surface area contributed by atoms with Crippen molar-refractivity contribution in [1.82, 2.24) is 4.98 Å². The normalized spacial score (nSPS) is 14.0. The van der Waals surface area contributed by atoms with E-state index in [9.17, 15) is 9.90 Å². The van der Waals surface area contributed by atoms with E-state index in [1.54, 1.807) is 18.3 Å². The second-order valence-corrected chi connectivity index (χ2v) is 9.87. The van der Waals surface area contributed by atoms with E-state index in [4.69, 9.17) is 0 Å². The number of rotatable bonds is 4. The molecule has 3 aromatic rings. The van der Waals surface area contributed by atoms with E-state index < -0.39 is 6.10 Å². The van der Waals surface area contributed by atoms with Gasteiger partial charge in [-0.2, -0.15) is 0 Å². The lowest BCUT2D eigenvalue weighted by Gasteiger charge is -2.24. The number of aromatic amines is 1. The monoisotopic (exact) mass is 366 g/mol. The number of aliphatic hydroxyl groups is 1. The van der Waals surface area contributed by atoms with E-state index in [1.165, 1.54) is 4.90 Å². The van der Waals surface area contributed by atoms with Crippen molar-refractivity contribution in [3.8, 4) is 0 Å². The molecule has 0 bridgehead atoms. The summed E-state index contributed by atoms with van der Waals surface area (Å²) in [5.74, 6) is 0. The van der Waals surface area contributed by atoms with Crippen LogP contribution in [0.5, 0.6) is 0 Å². The zero-order valence-corrected chi connectivity index (χ0v) is 16.1. The largest absolute Gasteiger partial charge is 0.383 e. The molecule has 0 saturated heterocycles. The van der Waals surface area contributed by atoms with Crippen molar-refractivity contribution in [3.63, 3.8) is 0 Å². The Hall–Kier alpha value is -2.30. The van der Waals surface area contributed by atoms with Gasteiger partial charge in [-0.3, -0.25) is 4.79 Å². The van der Waals surface area contributed by atoms with Gasteiger partial charge in [0.1, 0.15) is 10.9 Å². The van der Waals surface area contributed by atoms with Crippen molar-refractivity contribution in [1.29, 1.82) is 0 Å². The first-order valence-electron chi connectivity index (χ1n) is 8.63. The topological polar surface area (TPSA) is 53.1 Å². The first-order chi connectivity index (χ1) is 12.4. The van der Waals surface area contributed by atoms with Gasteiger partial charge in [0.25, 0.3) is 5.56 Å². The summed E-state index contributed by atoms with van der Waals surface area (Å²) in [7, 11) is -0.253. The molecule has 134 valence electrons. The smallest absolute Gasteiger partial charge is 0.254 e. The Bertz CT molecular complexity index is 928. The second-order valence-electron chi connectivity index (χ2n) is 7.13. The van der Waals surface area contributed by atoms with Crippen LogP contribution in [-0.4, -0.2) is 14.8 Å². The number of aromatic nitrogens is 1. The third-order valence-electron chi connectivity index (χ3n) is 4.17. The molecule has 4 heteroatoms. The Morgan fingerprint density at radius 2 is 1.50 bits per heavy atom. The minimum absolute atomic E-state index is 0.0275. The van der Waals surface area contributed by atoms with Crippen LogP contribution >= 0.6 is 0 Å². The minimum atomic E-state index is -0.961. The molecule has 2 atom stereocenters. The lowest BCUT2D eigenvalue weighted by molar-refractivity contribution is 0.215. The molecule has 1 aromatic heterocycles. The predicted octanol–water partition coefficient (Wildman–Crippen LogP) is 4.29. The summed E-state index contributed by atoms with van der Waals surface area (Å²) in [6.45, 7) is 6.63. The van der Waals surface area contributed by atoms with Crippen molar-refractivity contribution in [3.05, 3.63) is 94.4 Å². The number of benzene rings is 2. The molecular weight excluding hydrogens is 342 g/mol. The first-order valence-corrected chi connectivity index (χ1v) is 9.86. The Morgan fingerprint density at radius 3 is 2.15 bits per heavy atom. The molecule has 2 aromatic carbocycles. The first kappa shape index (κ1) is 18.5. The van der Waals surface area contributed by atoms with Crippen LogP contribution in [0.1, 0.15) is 38.0 Å². The van der Waals surface area contributed by atoms with E-state index in [2.05, 4.69) is 44.0 Å². The summed E-state index contributed by atoms with van der Waals surface area (Å²) in [6, 6.07) is 21.7. The molecule has 3 nitrogen and oxygen atoms in total. The maximum absolute atomic E-state index is 12.2. The number of nitrogens with one attached hydrogen (secondary N) is 1. The fourth-order valence-electron chi connectivity index (χ4n) is 3.08. The van der Waals surface area contributed by atoms with Gasteiger partial charge in [0.05, 0.1) is 16.5 Å². The molecular formula is C22H24NO2S+. The summed E-state index contributed by atoms with van der Waals surface area (Å²) in [4.78, 5) is 17.1. The molecule has 0 amide bonds. The average Bonchev–Trinajstić information content (AvgIpc) is 2.62. The highest BCUT2D eigenvalue weighted by atomic mass is 32.2. The summed E-state index contributed by atoms with van der Waals surface area (Å²) >= 11 is 0. The number of hydrogen-bond donors (Lipinski definition) is 2. The number of H-pyrrole nitrogens is 1. The van der Waals surface area contributed by atoms with Gasteiger partial charge in [0, 0.05) is 11.8 Å². The maximum Gasteiger partial charge on any atom is 0.254 e. The van der Waals surface area contributed by atoms with Crippen molar-refractivity contribution in [2.75, 3.05) is 0 Å². The van der Waals surface area contributed by atoms with Crippen LogP contribution in [0, 0.1) is 0 Å². The summed E-state index contributed by atoms with van der Waals surface area (Å²) in [5, 5.41) is 11.0. The molecule has 2 N–H and O–H groups in total. The molecule has 26 heavy (non-hydrogen) atoms. The van der Waals surface area contributed by atoms with E-state index in [1.807, 2.05) is 36.4 Å². The Labute approximate surface area is 157 Å². The van der Waals surface area contributed by atoms with Crippen LogP contribution in [0.15, 0.2) is 87.5 Å². The van der Waals surface area contributed by atoms with Crippen molar-refractivity contribution in [2.45, 2.75) is 41.4 Å². The highest BCUT2D eigenvalue weighted by Crippen LogP contribution is 2.38. The quantitative estimate of drug-likeness (QED) is 0.677. The summed E-state index contributed by atoms with van der Waals surface area (Å²) in [5.41, 5.74) is 0.891. The third-order valence-corrected chi connectivity index (χ3v) is 6.95. The van der Waals surface area contributed by atoms with Gasteiger partial charge in [-0.05, 0) is 51.1 Å². The highest BCUT2D eigenvalue weighted by molar-refractivity contribution is 7.98. The zero-order valence-electron chi connectivity index (χ0n) is 15.3. The van der Waals surface area contributed by atoms with Crippen LogP contribution in [0.4, 0.5) is 0 Å². The zero-order chi connectivity index (χ0) is 18.7. The molecule has 3 rings (SSSR count). The van der Waals surface area contributed by atoms with Crippen LogP contribution in [0.3, 0.4) is 0 Å². The fourth-order valence-corrected chi connectivity index (χ4v) is 5.76. The molecule has 0 saturated carbocycles. The third kappa shape index (κ3) is 3.76. The lowest BCUT2D eigenvalue weighted by Crippen LogP contribution is -2.30. The van der Waals surface area contributed by atoms with Crippen LogP contribution < -0.4 is 5.56 Å². The number of pyridine rings is 1. The van der Waals surface area contributed by atoms with Crippen LogP contribution in [0.25, 0.3) is 0 Å². The Kier molecular flexibility index (Phi) is 5.35. The maximum atomic E-state index is 12.2. The van der Waals surface area contributed by atoms with Gasteiger partial charge in [-0.25, -0.2) is 0 Å². The molecule has 0 spiro atoms. The Balaban J connectivity index is 2.16. The fraction of sp³-hybridized carbons (Fsp3) is 0.227. The Morgan fingerprint density at radius 1 is 0.885 bits per heavy atom. The minimum Gasteiger partial charge on any atom is -0.383 e. The van der Waals surface area contributed by atoms with Crippen LogP contribution in [0.2, 0.25) is 0 Å². The van der Waals surface area contributed by atoms with Gasteiger partial charge in [0.2, 0.25) is 0 Å². The van der Waals surface area contributed by atoms with Gasteiger partial charge in [0.15, 0.2) is 9.79 Å². The van der Waals surface area contributed by atoms with Crippen molar-refractivity contribution >= 4 is 10.9 Å². The molecule has 2 unspecified atom stereocenters. The number of aliphatic hydroxyl groups excluding tert-OH is 1. The molecule has 0 fully saturated rings. The van der Waals surface area contributed by atoms with Gasteiger partial charge in [-0.1, -0.05) is 36.4 Å².